The van der Waals surface area contributed by atoms with Crippen molar-refractivity contribution in [2.75, 3.05) is 23.3 Å². The van der Waals surface area contributed by atoms with E-state index in [0.717, 1.165) is 25.6 Å². The quantitative estimate of drug-likeness (QED) is 0.464. The fraction of sp³-hybridized carbons (Fsp3) is 0.182. The van der Waals surface area contributed by atoms with Crippen molar-refractivity contribution in [3.05, 3.63) is 86.0 Å². The number of aromatic nitrogens is 2. The van der Waals surface area contributed by atoms with Gasteiger partial charge in [0.2, 0.25) is 0 Å². The number of halogens is 1. The number of carbonyl (C=O) groups excluding carboxylic acids is 2. The summed E-state index contributed by atoms with van der Waals surface area (Å²) in [7, 11) is -0.128. The minimum absolute atomic E-state index is 0.0806. The van der Waals surface area contributed by atoms with Crippen molar-refractivity contribution < 1.29 is 22.7 Å². The van der Waals surface area contributed by atoms with Gasteiger partial charge in [-0.3, -0.25) is 23.0 Å². The molecule has 2 aromatic carbocycles. The second-order valence-electron chi connectivity index (χ2n) is 7.35. The van der Waals surface area contributed by atoms with Gasteiger partial charge < -0.3 is 10.1 Å². The van der Waals surface area contributed by atoms with E-state index in [9.17, 15) is 27.6 Å². The number of ether oxygens (including phenoxy) is 1. The number of benzene rings is 2. The topological polar surface area (TPSA) is 137 Å². The zero-order valence-corrected chi connectivity index (χ0v) is 20.5. The molecule has 35 heavy (non-hydrogen) atoms. The Morgan fingerprint density at radius 1 is 1.03 bits per heavy atom. The van der Waals surface area contributed by atoms with Crippen molar-refractivity contribution in [3.8, 4) is 0 Å². The number of para-hydroxylation sites is 1. The average Bonchev–Trinajstić information content (AvgIpc) is 2.84. The van der Waals surface area contributed by atoms with Crippen LogP contribution in [0.5, 0.6) is 0 Å². The molecule has 0 fully saturated rings. The van der Waals surface area contributed by atoms with Crippen LogP contribution in [0.3, 0.4) is 0 Å². The Morgan fingerprint density at radius 3 is 2.34 bits per heavy atom. The molecule has 0 aliphatic rings. The molecule has 0 unspecified atom stereocenters. The molecule has 11 nitrogen and oxygen atoms in total. The molecule has 1 aromatic heterocycles. The molecule has 0 atom stereocenters. The third kappa shape index (κ3) is 5.44. The number of nitrogens with one attached hydrogen (secondary N) is 1. The van der Waals surface area contributed by atoms with Gasteiger partial charge in [-0.05, 0) is 30.3 Å². The highest BCUT2D eigenvalue weighted by Gasteiger charge is 2.26. The molecule has 0 radical (unpaired) electrons. The molecule has 0 saturated carbocycles. The van der Waals surface area contributed by atoms with Crippen LogP contribution in [0.1, 0.15) is 10.4 Å². The van der Waals surface area contributed by atoms with Gasteiger partial charge in [-0.2, -0.15) is 0 Å². The lowest BCUT2D eigenvalue weighted by atomic mass is 10.2. The van der Waals surface area contributed by atoms with E-state index in [2.05, 4.69) is 5.32 Å². The number of carbonyl (C=O) groups is 2. The van der Waals surface area contributed by atoms with E-state index >= 15 is 0 Å². The third-order valence-corrected chi connectivity index (χ3v) is 7.32. The molecule has 1 amide bonds. The van der Waals surface area contributed by atoms with Crippen LogP contribution in [-0.4, -0.2) is 43.1 Å². The van der Waals surface area contributed by atoms with Gasteiger partial charge in [-0.15, -0.1) is 0 Å². The highest BCUT2D eigenvalue weighted by Crippen LogP contribution is 2.28. The van der Waals surface area contributed by atoms with E-state index in [1.165, 1.54) is 33.3 Å². The maximum absolute atomic E-state index is 13.1. The molecule has 0 bridgehead atoms. The monoisotopic (exact) mass is 520 g/mol. The summed E-state index contributed by atoms with van der Waals surface area (Å²) in [6.45, 7) is -0.753. The van der Waals surface area contributed by atoms with Crippen molar-refractivity contribution in [3.63, 3.8) is 0 Å². The Balaban J connectivity index is 1.75. The molecule has 1 heterocycles. The molecular weight excluding hydrogens is 500 g/mol. The van der Waals surface area contributed by atoms with Crippen molar-refractivity contribution in [2.24, 2.45) is 14.1 Å². The van der Waals surface area contributed by atoms with Crippen molar-refractivity contribution >= 4 is 45.0 Å². The van der Waals surface area contributed by atoms with E-state index in [4.69, 9.17) is 16.3 Å². The summed E-state index contributed by atoms with van der Waals surface area (Å²) >= 11 is 6.11. The average molecular weight is 521 g/mol. The normalized spacial score (nSPS) is 11.1. The molecule has 0 aliphatic carbocycles. The van der Waals surface area contributed by atoms with Crippen LogP contribution in [0.4, 0.5) is 11.5 Å². The van der Waals surface area contributed by atoms with Gasteiger partial charge in [0.1, 0.15) is 10.7 Å². The lowest BCUT2D eigenvalue weighted by Gasteiger charge is -2.20. The van der Waals surface area contributed by atoms with Gasteiger partial charge in [-0.25, -0.2) is 18.0 Å². The first-order valence-corrected chi connectivity index (χ1v) is 11.8. The summed E-state index contributed by atoms with van der Waals surface area (Å²) in [6.07, 6.45) is 0. The smallest absolute Gasteiger partial charge is 0.338 e. The van der Waals surface area contributed by atoms with Gasteiger partial charge in [0.15, 0.2) is 6.61 Å². The summed E-state index contributed by atoms with van der Waals surface area (Å²) in [5, 5.41) is 2.21. The van der Waals surface area contributed by atoms with E-state index in [0.29, 0.717) is 5.69 Å². The molecule has 3 rings (SSSR count). The maximum Gasteiger partial charge on any atom is 0.338 e. The van der Waals surface area contributed by atoms with Crippen LogP contribution in [0, 0.1) is 0 Å². The Labute approximate surface area is 205 Å². The number of hydrogen-bond donors (Lipinski definition) is 1. The predicted octanol–water partition coefficient (Wildman–Crippen LogP) is 1.36. The van der Waals surface area contributed by atoms with Gasteiger partial charge in [0.25, 0.3) is 21.5 Å². The number of hydrogen-bond acceptors (Lipinski definition) is 7. The maximum atomic E-state index is 13.1. The van der Waals surface area contributed by atoms with E-state index in [1.807, 2.05) is 0 Å². The van der Waals surface area contributed by atoms with E-state index < -0.39 is 39.8 Å². The Kier molecular flexibility index (Phi) is 7.46. The Morgan fingerprint density at radius 2 is 1.69 bits per heavy atom. The number of nitrogens with zero attached hydrogens (tertiary/aromatic N) is 3. The first kappa shape index (κ1) is 25.7. The number of esters is 1. The van der Waals surface area contributed by atoms with Crippen molar-refractivity contribution in [2.45, 2.75) is 4.90 Å². The first-order chi connectivity index (χ1) is 16.4. The van der Waals surface area contributed by atoms with Crippen LogP contribution in [0.15, 0.2) is 69.1 Å². The standard InChI is InChI=1S/C22H21ClN4O7S/c1-25-18(12-20(29)26(2)22(25)31)24-19(28)13-34-21(30)14-9-10-16(23)17(11-14)35(32,33)27(3)15-7-5-4-6-8-15/h4-12H,13H2,1-3H3,(H,24,28). The van der Waals surface area contributed by atoms with Crippen LogP contribution in [0.25, 0.3) is 0 Å². The van der Waals surface area contributed by atoms with Crippen LogP contribution >= 0.6 is 11.6 Å². The molecular formula is C22H21ClN4O7S. The molecule has 3 aromatic rings. The summed E-state index contributed by atoms with van der Waals surface area (Å²) in [5.74, 6) is -1.87. The van der Waals surface area contributed by atoms with E-state index in [1.54, 1.807) is 30.3 Å². The third-order valence-electron chi connectivity index (χ3n) is 5.05. The summed E-state index contributed by atoms with van der Waals surface area (Å²) in [5.41, 5.74) is -1.04. The highest BCUT2D eigenvalue weighted by molar-refractivity contribution is 7.93. The minimum Gasteiger partial charge on any atom is -0.452 e. The number of amides is 1. The zero-order valence-electron chi connectivity index (χ0n) is 18.9. The largest absolute Gasteiger partial charge is 0.452 e. The molecule has 13 heteroatoms. The van der Waals surface area contributed by atoms with Crippen LogP contribution in [0.2, 0.25) is 5.02 Å². The first-order valence-electron chi connectivity index (χ1n) is 10.0. The van der Waals surface area contributed by atoms with Gasteiger partial charge in [0, 0.05) is 27.2 Å². The summed E-state index contributed by atoms with van der Waals surface area (Å²) < 4.78 is 34.0. The molecule has 1 N–H and O–H groups in total. The highest BCUT2D eigenvalue weighted by atomic mass is 35.5. The van der Waals surface area contributed by atoms with Gasteiger partial charge in [-0.1, -0.05) is 29.8 Å². The minimum atomic E-state index is -4.12. The Bertz CT molecular complexity index is 1510. The zero-order chi connectivity index (χ0) is 25.9. The van der Waals surface area contributed by atoms with Gasteiger partial charge in [0.05, 0.1) is 16.3 Å². The van der Waals surface area contributed by atoms with Crippen molar-refractivity contribution in [1.82, 2.24) is 9.13 Å². The number of anilines is 2. The summed E-state index contributed by atoms with van der Waals surface area (Å²) in [4.78, 5) is 48.1. The SMILES string of the molecule is CN(c1ccccc1)S(=O)(=O)c1cc(C(=O)OCC(=O)Nc2cc(=O)n(C)c(=O)n2C)ccc1Cl. The molecule has 0 saturated heterocycles. The van der Waals surface area contributed by atoms with Crippen LogP contribution in [-0.2, 0) is 33.7 Å². The second-order valence-corrected chi connectivity index (χ2v) is 9.69. The predicted molar refractivity (Wildman–Crippen MR) is 129 cm³/mol. The Hall–Kier alpha value is -3.90. The van der Waals surface area contributed by atoms with Gasteiger partial charge >= 0.3 is 11.7 Å². The lowest BCUT2D eigenvalue weighted by Crippen LogP contribution is -2.38. The summed E-state index contributed by atoms with van der Waals surface area (Å²) in [6, 6.07) is 12.9. The number of sulfonamides is 1. The fourth-order valence-corrected chi connectivity index (χ4v) is 4.69. The van der Waals surface area contributed by atoms with Crippen molar-refractivity contribution in [1.29, 1.82) is 0 Å². The fourth-order valence-electron chi connectivity index (χ4n) is 3.00. The van der Waals surface area contributed by atoms with Crippen LogP contribution < -0.4 is 20.9 Å². The molecule has 184 valence electrons. The lowest BCUT2D eigenvalue weighted by molar-refractivity contribution is -0.119. The van der Waals surface area contributed by atoms with E-state index in [-0.39, 0.29) is 21.3 Å². The molecule has 0 spiro atoms. The number of rotatable bonds is 7. The second kappa shape index (κ2) is 10.2. The molecule has 0 aliphatic heterocycles.